The molecule has 1 rings (SSSR count). The van der Waals surface area contributed by atoms with E-state index in [1.165, 1.54) is 0 Å². The SMILES string of the molecule is CC(=O)O.O.O=C(O)C1(C(=O)O)CCC1.[NH2-].[NH2-].[Pt+2]. The minimum Gasteiger partial charge on any atom is -0.693 e. The molecule has 0 radical (unpaired) electrons. The summed E-state index contributed by atoms with van der Waals surface area (Å²) in [6.07, 6.45) is 1.26. The summed E-state index contributed by atoms with van der Waals surface area (Å²) >= 11 is 0. The monoisotopic (exact) mass is 449 g/mol. The van der Waals surface area contributed by atoms with Gasteiger partial charge in [-0.2, -0.15) is 0 Å². The Balaban J connectivity index is -0.0000000635. The normalized spacial score (nSPS) is 13.2. The first-order valence-electron chi connectivity index (χ1n) is 3.99. The molecule has 0 saturated heterocycles. The van der Waals surface area contributed by atoms with Gasteiger partial charge in [0.1, 0.15) is 0 Å². The zero-order valence-corrected chi connectivity index (χ0v) is 11.9. The molecule has 0 amide bonds. The minimum atomic E-state index is -1.44. The van der Waals surface area contributed by atoms with E-state index in [2.05, 4.69) is 0 Å². The van der Waals surface area contributed by atoms with Crippen molar-refractivity contribution in [2.75, 3.05) is 0 Å². The first-order chi connectivity index (χ1) is 6.33. The molecular formula is C8H18N2O7Pt. The Morgan fingerprint density at radius 1 is 0.944 bits per heavy atom. The number of hydrogen-bond acceptors (Lipinski definition) is 3. The van der Waals surface area contributed by atoms with E-state index in [1.807, 2.05) is 0 Å². The zero-order valence-electron chi connectivity index (χ0n) is 9.66. The van der Waals surface area contributed by atoms with E-state index in [0.717, 1.165) is 6.92 Å². The van der Waals surface area contributed by atoms with Gasteiger partial charge in [-0.1, -0.05) is 0 Å². The molecule has 0 bridgehead atoms. The third kappa shape index (κ3) is 8.13. The van der Waals surface area contributed by atoms with Gasteiger partial charge in [0.05, 0.1) is 0 Å². The van der Waals surface area contributed by atoms with Gasteiger partial charge in [0.15, 0.2) is 5.41 Å². The molecule has 0 unspecified atom stereocenters. The van der Waals surface area contributed by atoms with Crippen LogP contribution in [0.1, 0.15) is 26.2 Å². The number of carboxylic acids is 3. The van der Waals surface area contributed by atoms with Crippen molar-refractivity contribution >= 4 is 17.9 Å². The number of aliphatic carboxylic acids is 3. The molecule has 1 saturated carbocycles. The van der Waals surface area contributed by atoms with Crippen LogP contribution < -0.4 is 0 Å². The molecule has 0 aromatic rings. The van der Waals surface area contributed by atoms with Crippen LogP contribution in [0.2, 0.25) is 0 Å². The zero-order chi connectivity index (χ0) is 11.4. The maximum atomic E-state index is 10.4. The second kappa shape index (κ2) is 12.4. The van der Waals surface area contributed by atoms with Crippen LogP contribution in [0.5, 0.6) is 0 Å². The molecule has 1 aliphatic carbocycles. The molecule has 9 nitrogen and oxygen atoms in total. The van der Waals surface area contributed by atoms with Crippen molar-refractivity contribution in [2.24, 2.45) is 5.41 Å². The van der Waals surface area contributed by atoms with Gasteiger partial charge in [-0.05, 0) is 19.3 Å². The Morgan fingerprint density at radius 3 is 1.17 bits per heavy atom. The average Bonchev–Trinajstić information content (AvgIpc) is 1.78. The van der Waals surface area contributed by atoms with Crippen molar-refractivity contribution in [3.63, 3.8) is 0 Å². The third-order valence-corrected chi connectivity index (χ3v) is 2.03. The van der Waals surface area contributed by atoms with Crippen LogP contribution in [0.15, 0.2) is 0 Å². The van der Waals surface area contributed by atoms with Crippen molar-refractivity contribution < 1.29 is 56.2 Å². The first kappa shape index (κ1) is 30.2. The summed E-state index contributed by atoms with van der Waals surface area (Å²) in [6.45, 7) is 1.08. The fourth-order valence-corrected chi connectivity index (χ4v) is 1.05. The summed E-state index contributed by atoms with van der Waals surface area (Å²) in [5.41, 5.74) is -1.44. The topological polar surface area (TPSA) is 210 Å². The third-order valence-electron chi connectivity index (χ3n) is 2.03. The van der Waals surface area contributed by atoms with E-state index < -0.39 is 23.3 Å². The first-order valence-corrected chi connectivity index (χ1v) is 3.99. The van der Waals surface area contributed by atoms with Crippen LogP contribution in [0.3, 0.4) is 0 Å². The summed E-state index contributed by atoms with van der Waals surface area (Å²) in [7, 11) is 0. The maximum Gasteiger partial charge on any atom is 2.00 e. The van der Waals surface area contributed by atoms with E-state index in [1.54, 1.807) is 0 Å². The fraction of sp³-hybridized carbons (Fsp3) is 0.625. The molecule has 0 heterocycles. The van der Waals surface area contributed by atoms with Crippen molar-refractivity contribution in [3.8, 4) is 0 Å². The molecular weight excluding hydrogens is 431 g/mol. The van der Waals surface area contributed by atoms with Crippen molar-refractivity contribution in [3.05, 3.63) is 12.3 Å². The van der Waals surface area contributed by atoms with Crippen LogP contribution in [-0.2, 0) is 35.4 Å². The van der Waals surface area contributed by atoms with E-state index >= 15 is 0 Å². The minimum absolute atomic E-state index is 0. The molecule has 10 heteroatoms. The van der Waals surface area contributed by atoms with Gasteiger partial charge in [-0.3, -0.25) is 14.4 Å². The Morgan fingerprint density at radius 2 is 1.17 bits per heavy atom. The van der Waals surface area contributed by atoms with E-state index in [0.29, 0.717) is 6.42 Å². The van der Waals surface area contributed by atoms with Gasteiger partial charge in [-0.15, -0.1) is 0 Å². The van der Waals surface area contributed by atoms with Crippen molar-refractivity contribution in [2.45, 2.75) is 26.2 Å². The van der Waals surface area contributed by atoms with Gasteiger partial charge >= 0.3 is 33.0 Å². The van der Waals surface area contributed by atoms with Crippen molar-refractivity contribution in [1.29, 1.82) is 0 Å². The predicted molar refractivity (Wildman–Crippen MR) is 59.0 cm³/mol. The van der Waals surface area contributed by atoms with Crippen LogP contribution >= 0.6 is 0 Å². The van der Waals surface area contributed by atoms with Gasteiger partial charge in [0.25, 0.3) is 5.97 Å². The molecule has 0 atom stereocenters. The summed E-state index contributed by atoms with van der Waals surface area (Å²) in [4.78, 5) is 29.7. The molecule has 0 aromatic carbocycles. The largest absolute Gasteiger partial charge is 2.00 e. The second-order valence-corrected chi connectivity index (χ2v) is 3.06. The van der Waals surface area contributed by atoms with Crippen LogP contribution in [0.4, 0.5) is 0 Å². The van der Waals surface area contributed by atoms with Gasteiger partial charge < -0.3 is 33.1 Å². The Kier molecular flexibility index (Phi) is 20.9. The van der Waals surface area contributed by atoms with Crippen LogP contribution in [0.25, 0.3) is 12.3 Å². The quantitative estimate of drug-likeness (QED) is 0.523. The fourth-order valence-electron chi connectivity index (χ4n) is 1.05. The molecule has 112 valence electrons. The number of carboxylic acid groups (broad SMARTS) is 3. The maximum absolute atomic E-state index is 10.4. The molecule has 18 heavy (non-hydrogen) atoms. The molecule has 1 fully saturated rings. The number of hydrogen-bond donors (Lipinski definition) is 3. The Labute approximate surface area is 118 Å². The summed E-state index contributed by atoms with van der Waals surface area (Å²) in [5, 5.41) is 24.4. The molecule has 1 aliphatic rings. The van der Waals surface area contributed by atoms with Gasteiger partial charge in [0, 0.05) is 6.92 Å². The van der Waals surface area contributed by atoms with Gasteiger partial charge in [-0.25, -0.2) is 0 Å². The second-order valence-electron chi connectivity index (χ2n) is 3.06. The molecule has 0 aromatic heterocycles. The van der Waals surface area contributed by atoms with Crippen molar-refractivity contribution in [1.82, 2.24) is 0 Å². The number of nitrogens with two attached hydrogens (primary N) is 2. The number of rotatable bonds is 2. The van der Waals surface area contributed by atoms with Crippen LogP contribution in [0, 0.1) is 5.41 Å². The van der Waals surface area contributed by atoms with E-state index in [4.69, 9.17) is 20.1 Å². The predicted octanol–water partition coefficient (Wildman–Crippen LogP) is 1.02. The number of carbonyl (C=O) groups is 3. The Bertz CT molecular complexity index is 248. The van der Waals surface area contributed by atoms with Gasteiger partial charge in [0.2, 0.25) is 0 Å². The van der Waals surface area contributed by atoms with E-state index in [9.17, 15) is 9.59 Å². The smallest absolute Gasteiger partial charge is 0.693 e. The molecule has 0 aliphatic heterocycles. The summed E-state index contributed by atoms with van der Waals surface area (Å²) in [6, 6.07) is 0. The van der Waals surface area contributed by atoms with Crippen LogP contribution in [-0.4, -0.2) is 38.7 Å². The van der Waals surface area contributed by atoms with E-state index in [-0.39, 0.29) is 51.7 Å². The Hall–Kier alpha value is -1.02. The summed E-state index contributed by atoms with van der Waals surface area (Å²) in [5.74, 6) is -3.24. The standard InChI is InChI=1S/C6H8O4.C2H4O2.2H2N.H2O.Pt/c7-4(8)6(5(9)10)2-1-3-6;1-2(3)4;;;;/h1-3H2,(H,7,8)(H,9,10);1H3,(H,3,4);3*1H2;/q;;2*-1;;+2. The summed E-state index contributed by atoms with van der Waals surface area (Å²) < 4.78 is 0. The molecule has 0 spiro atoms. The molecule has 9 N–H and O–H groups in total. The average molecular weight is 449 g/mol.